The molecule has 1 aromatic heterocycles. The van der Waals surface area contributed by atoms with Crippen molar-refractivity contribution in [3.05, 3.63) is 16.6 Å². The number of rotatable bonds is 2. The number of aromatic nitrogens is 1. The average molecular weight is 185 g/mol. The topological polar surface area (TPSA) is 50.9 Å². The van der Waals surface area contributed by atoms with Crippen LogP contribution in [0.5, 0.6) is 0 Å². The molecule has 0 spiro atoms. The summed E-state index contributed by atoms with van der Waals surface area (Å²) in [4.78, 5) is 4.23. The molecule has 12 heavy (non-hydrogen) atoms. The normalized spacial score (nSPS) is 14.7. The van der Waals surface area contributed by atoms with Gasteiger partial charge in [-0.3, -0.25) is 11.3 Å². The molecule has 0 amide bonds. The van der Waals surface area contributed by atoms with Gasteiger partial charge in [-0.2, -0.15) is 0 Å². The zero-order chi connectivity index (χ0) is 9.19. The second-order valence-electron chi connectivity index (χ2n) is 3.88. The van der Waals surface area contributed by atoms with Gasteiger partial charge in [-0.15, -0.1) is 11.3 Å². The summed E-state index contributed by atoms with van der Waals surface area (Å²) in [5.74, 6) is 5.46. The Kier molecular flexibility index (Phi) is 2.82. The molecule has 0 saturated carbocycles. The molecule has 0 bridgehead atoms. The molecule has 1 heterocycles. The molecule has 3 N–H and O–H groups in total. The lowest BCUT2D eigenvalue weighted by Crippen LogP contribution is -2.37. The maximum absolute atomic E-state index is 5.46. The average Bonchev–Trinajstić information content (AvgIpc) is 2.38. The number of hydrogen-bond donors (Lipinski definition) is 2. The van der Waals surface area contributed by atoms with E-state index in [2.05, 4.69) is 31.2 Å². The van der Waals surface area contributed by atoms with Crippen LogP contribution in [0.4, 0.5) is 0 Å². The Morgan fingerprint density at radius 1 is 1.58 bits per heavy atom. The highest BCUT2D eigenvalue weighted by molar-refractivity contribution is 7.07. The predicted octanol–water partition coefficient (Wildman–Crippen LogP) is 1.69. The second-order valence-corrected chi connectivity index (χ2v) is 4.60. The molecule has 1 atom stereocenters. The van der Waals surface area contributed by atoms with E-state index in [1.165, 1.54) is 0 Å². The van der Waals surface area contributed by atoms with Gasteiger partial charge in [0.2, 0.25) is 0 Å². The fourth-order valence-corrected chi connectivity index (χ4v) is 1.72. The van der Waals surface area contributed by atoms with Crippen molar-refractivity contribution in [3.63, 3.8) is 0 Å². The van der Waals surface area contributed by atoms with Crippen LogP contribution >= 0.6 is 11.3 Å². The molecule has 0 radical (unpaired) electrons. The molecule has 1 unspecified atom stereocenters. The molecule has 68 valence electrons. The van der Waals surface area contributed by atoms with Gasteiger partial charge < -0.3 is 0 Å². The fourth-order valence-electron chi connectivity index (χ4n) is 1.14. The van der Waals surface area contributed by atoms with E-state index in [4.69, 9.17) is 5.84 Å². The molecule has 0 fully saturated rings. The molecular weight excluding hydrogens is 170 g/mol. The second kappa shape index (κ2) is 3.51. The number of thiazole rings is 1. The van der Waals surface area contributed by atoms with Gasteiger partial charge in [0.25, 0.3) is 0 Å². The molecular formula is C8H15N3S. The Hall–Kier alpha value is -0.450. The third-order valence-corrected chi connectivity index (χ3v) is 2.38. The van der Waals surface area contributed by atoms with E-state index < -0.39 is 0 Å². The maximum atomic E-state index is 5.46. The van der Waals surface area contributed by atoms with Crippen molar-refractivity contribution in [2.45, 2.75) is 26.8 Å². The molecule has 1 aromatic rings. The van der Waals surface area contributed by atoms with Crippen molar-refractivity contribution in [2.75, 3.05) is 0 Å². The summed E-state index contributed by atoms with van der Waals surface area (Å²) in [5, 5.41) is 2.02. The van der Waals surface area contributed by atoms with E-state index in [1.807, 2.05) is 10.9 Å². The van der Waals surface area contributed by atoms with Gasteiger partial charge in [-0.1, -0.05) is 20.8 Å². The standard InChI is InChI=1S/C8H15N3S/c1-8(2,3)7(11-9)6-4-12-5-10-6/h4-5,7,11H,9H2,1-3H3. The molecule has 0 aliphatic carbocycles. The lowest BCUT2D eigenvalue weighted by atomic mass is 9.86. The van der Waals surface area contributed by atoms with E-state index in [1.54, 1.807) is 11.3 Å². The molecule has 3 nitrogen and oxygen atoms in total. The SMILES string of the molecule is CC(C)(C)C(NN)c1cscn1. The number of nitrogens with one attached hydrogen (secondary N) is 1. The van der Waals surface area contributed by atoms with Crippen molar-refractivity contribution in [2.24, 2.45) is 11.3 Å². The number of nitrogens with zero attached hydrogens (tertiary/aromatic N) is 1. The maximum Gasteiger partial charge on any atom is 0.0795 e. The van der Waals surface area contributed by atoms with Crippen molar-refractivity contribution in [3.8, 4) is 0 Å². The third kappa shape index (κ3) is 2.03. The summed E-state index contributed by atoms with van der Waals surface area (Å²) in [5.41, 5.74) is 5.74. The van der Waals surface area contributed by atoms with Crippen molar-refractivity contribution < 1.29 is 0 Å². The van der Waals surface area contributed by atoms with Crippen LogP contribution in [-0.2, 0) is 0 Å². The quantitative estimate of drug-likeness (QED) is 0.544. The smallest absolute Gasteiger partial charge is 0.0795 e. The Balaban J connectivity index is 2.84. The van der Waals surface area contributed by atoms with Crippen LogP contribution in [0, 0.1) is 5.41 Å². The van der Waals surface area contributed by atoms with Gasteiger partial charge in [0.1, 0.15) is 0 Å². The Labute approximate surface area is 77.0 Å². The highest BCUT2D eigenvalue weighted by Crippen LogP contribution is 2.31. The van der Waals surface area contributed by atoms with Gasteiger partial charge in [0.05, 0.1) is 17.2 Å². The first-order valence-corrected chi connectivity index (χ1v) is 4.84. The first-order chi connectivity index (χ1) is 5.55. The van der Waals surface area contributed by atoms with Gasteiger partial charge in [0.15, 0.2) is 0 Å². The summed E-state index contributed by atoms with van der Waals surface area (Å²) < 4.78 is 0. The van der Waals surface area contributed by atoms with Crippen LogP contribution in [0.2, 0.25) is 0 Å². The molecule has 0 aliphatic rings. The Morgan fingerprint density at radius 2 is 2.25 bits per heavy atom. The fraction of sp³-hybridized carbons (Fsp3) is 0.625. The highest BCUT2D eigenvalue weighted by atomic mass is 32.1. The van der Waals surface area contributed by atoms with E-state index in [0.717, 1.165) is 5.69 Å². The first kappa shape index (κ1) is 9.64. The van der Waals surface area contributed by atoms with Gasteiger partial charge in [-0.05, 0) is 5.41 Å². The van der Waals surface area contributed by atoms with E-state index in [9.17, 15) is 0 Å². The lowest BCUT2D eigenvalue weighted by molar-refractivity contribution is 0.271. The van der Waals surface area contributed by atoms with Crippen molar-refractivity contribution >= 4 is 11.3 Å². The molecule has 0 aliphatic heterocycles. The Morgan fingerprint density at radius 3 is 2.58 bits per heavy atom. The number of hydrogen-bond acceptors (Lipinski definition) is 4. The van der Waals surface area contributed by atoms with Crippen LogP contribution < -0.4 is 11.3 Å². The summed E-state index contributed by atoms with van der Waals surface area (Å²) in [6.07, 6.45) is 0. The molecule has 1 rings (SSSR count). The van der Waals surface area contributed by atoms with Gasteiger partial charge in [-0.25, -0.2) is 4.98 Å². The van der Waals surface area contributed by atoms with Crippen LogP contribution in [0.3, 0.4) is 0 Å². The minimum atomic E-state index is 0.100. The van der Waals surface area contributed by atoms with E-state index in [0.29, 0.717) is 0 Å². The van der Waals surface area contributed by atoms with Crippen LogP contribution in [-0.4, -0.2) is 4.98 Å². The highest BCUT2D eigenvalue weighted by Gasteiger charge is 2.26. The summed E-state index contributed by atoms with van der Waals surface area (Å²) in [6, 6.07) is 0.128. The van der Waals surface area contributed by atoms with E-state index >= 15 is 0 Å². The molecule has 0 saturated heterocycles. The van der Waals surface area contributed by atoms with Crippen molar-refractivity contribution in [1.29, 1.82) is 0 Å². The number of hydrazine groups is 1. The zero-order valence-corrected chi connectivity index (χ0v) is 8.48. The van der Waals surface area contributed by atoms with Crippen molar-refractivity contribution in [1.82, 2.24) is 10.4 Å². The van der Waals surface area contributed by atoms with Gasteiger partial charge in [0, 0.05) is 5.38 Å². The molecule has 4 heteroatoms. The summed E-state index contributed by atoms with van der Waals surface area (Å²) in [7, 11) is 0. The van der Waals surface area contributed by atoms with E-state index in [-0.39, 0.29) is 11.5 Å². The first-order valence-electron chi connectivity index (χ1n) is 3.90. The van der Waals surface area contributed by atoms with Crippen LogP contribution in [0.25, 0.3) is 0 Å². The summed E-state index contributed by atoms with van der Waals surface area (Å²) >= 11 is 1.59. The van der Waals surface area contributed by atoms with Crippen LogP contribution in [0.15, 0.2) is 10.9 Å². The van der Waals surface area contributed by atoms with Crippen LogP contribution in [0.1, 0.15) is 32.5 Å². The minimum Gasteiger partial charge on any atom is -0.271 e. The largest absolute Gasteiger partial charge is 0.271 e. The zero-order valence-electron chi connectivity index (χ0n) is 7.66. The third-order valence-electron chi connectivity index (χ3n) is 1.78. The number of nitrogens with two attached hydrogens (primary N) is 1. The Bertz CT molecular complexity index is 225. The lowest BCUT2D eigenvalue weighted by Gasteiger charge is -2.28. The minimum absolute atomic E-state index is 0.100. The van der Waals surface area contributed by atoms with Gasteiger partial charge >= 0.3 is 0 Å². The predicted molar refractivity (Wildman–Crippen MR) is 51.6 cm³/mol. The summed E-state index contributed by atoms with van der Waals surface area (Å²) in [6.45, 7) is 6.41. The molecule has 0 aromatic carbocycles. The monoisotopic (exact) mass is 185 g/mol.